The fraction of sp³-hybridized carbons (Fsp3) is 0.125. The van der Waals surface area contributed by atoms with Gasteiger partial charge in [-0.05, 0) is 28.9 Å². The lowest BCUT2D eigenvalue weighted by Gasteiger charge is -2.18. The van der Waals surface area contributed by atoms with Crippen molar-refractivity contribution in [2.45, 2.75) is 13.3 Å². The van der Waals surface area contributed by atoms with E-state index in [2.05, 4.69) is 20.9 Å². The van der Waals surface area contributed by atoms with Gasteiger partial charge in [0.1, 0.15) is 0 Å². The van der Waals surface area contributed by atoms with Crippen LogP contribution in [0.2, 0.25) is 0 Å². The SMILES string of the molecule is CC1=C(Cc2[nH]ccc2Br)C(=O)c2ccccc2C1=O. The number of nitrogens with one attached hydrogen (secondary N) is 1. The maximum absolute atomic E-state index is 12.6. The molecule has 4 heteroatoms. The van der Waals surface area contributed by atoms with Crippen molar-refractivity contribution in [2.75, 3.05) is 0 Å². The zero-order valence-corrected chi connectivity index (χ0v) is 12.5. The summed E-state index contributed by atoms with van der Waals surface area (Å²) in [6.07, 6.45) is 2.23. The molecule has 1 aromatic heterocycles. The highest BCUT2D eigenvalue weighted by Gasteiger charge is 2.29. The Morgan fingerprint density at radius 1 is 1.05 bits per heavy atom. The third kappa shape index (κ3) is 1.96. The topological polar surface area (TPSA) is 49.9 Å². The number of Topliss-reactive ketones (excluding diaryl/α,β-unsaturated/α-hetero) is 2. The van der Waals surface area contributed by atoms with Gasteiger partial charge >= 0.3 is 0 Å². The number of carbonyl (C=O) groups excluding carboxylic acids is 2. The first-order valence-corrected chi connectivity index (χ1v) is 7.09. The van der Waals surface area contributed by atoms with Crippen molar-refractivity contribution in [3.8, 4) is 0 Å². The molecule has 0 saturated carbocycles. The summed E-state index contributed by atoms with van der Waals surface area (Å²) in [6.45, 7) is 1.72. The van der Waals surface area contributed by atoms with E-state index in [1.165, 1.54) is 0 Å². The predicted molar refractivity (Wildman–Crippen MR) is 80.0 cm³/mol. The summed E-state index contributed by atoms with van der Waals surface area (Å²) in [4.78, 5) is 28.0. The summed E-state index contributed by atoms with van der Waals surface area (Å²) < 4.78 is 0.914. The maximum atomic E-state index is 12.6. The van der Waals surface area contributed by atoms with Crippen LogP contribution in [0.3, 0.4) is 0 Å². The minimum Gasteiger partial charge on any atom is -0.364 e. The number of benzene rings is 1. The number of carbonyl (C=O) groups is 2. The Balaban J connectivity index is 2.08. The van der Waals surface area contributed by atoms with Crippen LogP contribution in [0.5, 0.6) is 0 Å². The first kappa shape index (κ1) is 13.1. The molecule has 0 unspecified atom stereocenters. The normalized spacial score (nSPS) is 14.7. The molecule has 0 aliphatic heterocycles. The minimum absolute atomic E-state index is 0.0563. The number of ketones is 2. The van der Waals surface area contributed by atoms with Crippen molar-refractivity contribution in [2.24, 2.45) is 0 Å². The molecule has 0 saturated heterocycles. The van der Waals surface area contributed by atoms with Gasteiger partial charge in [0.25, 0.3) is 0 Å². The van der Waals surface area contributed by atoms with Gasteiger partial charge in [0.15, 0.2) is 11.6 Å². The molecule has 0 bridgehead atoms. The van der Waals surface area contributed by atoms with E-state index in [1.54, 1.807) is 37.4 Å². The number of allylic oxidation sites excluding steroid dienone is 2. The summed E-state index contributed by atoms with van der Waals surface area (Å²) in [5.74, 6) is -0.114. The number of aromatic amines is 1. The first-order chi connectivity index (χ1) is 9.59. The Morgan fingerprint density at radius 2 is 1.70 bits per heavy atom. The van der Waals surface area contributed by atoms with Crippen LogP contribution in [-0.4, -0.2) is 16.6 Å². The lowest BCUT2D eigenvalue weighted by molar-refractivity contribution is 0.0973. The molecule has 3 rings (SSSR count). The molecule has 1 aromatic carbocycles. The largest absolute Gasteiger partial charge is 0.364 e. The molecular weight excluding hydrogens is 318 g/mol. The van der Waals surface area contributed by atoms with Gasteiger partial charge in [0.2, 0.25) is 0 Å². The lowest BCUT2D eigenvalue weighted by Crippen LogP contribution is -2.22. The van der Waals surface area contributed by atoms with Gasteiger partial charge in [0, 0.05) is 45.1 Å². The molecule has 0 amide bonds. The quantitative estimate of drug-likeness (QED) is 0.912. The van der Waals surface area contributed by atoms with E-state index >= 15 is 0 Å². The van der Waals surface area contributed by atoms with Crippen LogP contribution < -0.4 is 0 Å². The van der Waals surface area contributed by atoms with Crippen LogP contribution in [0.25, 0.3) is 0 Å². The molecule has 3 nitrogen and oxygen atoms in total. The molecule has 0 atom stereocenters. The van der Waals surface area contributed by atoms with Crippen molar-refractivity contribution in [1.29, 1.82) is 0 Å². The number of rotatable bonds is 2. The van der Waals surface area contributed by atoms with Crippen molar-refractivity contribution < 1.29 is 9.59 Å². The van der Waals surface area contributed by atoms with Crippen molar-refractivity contribution in [3.05, 3.63) is 69.0 Å². The third-order valence-corrected chi connectivity index (χ3v) is 4.36. The summed E-state index contributed by atoms with van der Waals surface area (Å²) in [5, 5.41) is 0. The Kier molecular flexibility index (Phi) is 3.18. The van der Waals surface area contributed by atoms with Gasteiger partial charge in [0.05, 0.1) is 0 Å². The second-order valence-electron chi connectivity index (χ2n) is 4.79. The molecule has 100 valence electrons. The number of halogens is 1. The molecule has 0 radical (unpaired) electrons. The van der Waals surface area contributed by atoms with E-state index in [-0.39, 0.29) is 11.6 Å². The van der Waals surface area contributed by atoms with Gasteiger partial charge in [-0.25, -0.2) is 0 Å². The molecule has 0 fully saturated rings. The Bertz CT molecular complexity index is 755. The van der Waals surface area contributed by atoms with E-state index in [1.807, 2.05) is 6.07 Å². The van der Waals surface area contributed by atoms with Crippen LogP contribution >= 0.6 is 15.9 Å². The fourth-order valence-electron chi connectivity index (χ4n) is 2.46. The van der Waals surface area contributed by atoms with Crippen LogP contribution in [0.1, 0.15) is 33.3 Å². The van der Waals surface area contributed by atoms with E-state index in [4.69, 9.17) is 0 Å². The summed E-state index contributed by atoms with van der Waals surface area (Å²) >= 11 is 3.43. The fourth-order valence-corrected chi connectivity index (χ4v) is 2.85. The molecule has 1 aliphatic carbocycles. The van der Waals surface area contributed by atoms with Crippen molar-refractivity contribution in [1.82, 2.24) is 4.98 Å². The molecule has 1 heterocycles. The van der Waals surface area contributed by atoms with Gasteiger partial charge in [-0.2, -0.15) is 0 Å². The first-order valence-electron chi connectivity index (χ1n) is 6.29. The highest BCUT2D eigenvalue weighted by atomic mass is 79.9. The minimum atomic E-state index is -0.0575. The molecule has 1 N–H and O–H groups in total. The Morgan fingerprint density at radius 3 is 2.30 bits per heavy atom. The van der Waals surface area contributed by atoms with Crippen LogP contribution in [0.15, 0.2) is 52.1 Å². The van der Waals surface area contributed by atoms with Crippen LogP contribution in [0.4, 0.5) is 0 Å². The Labute approximate surface area is 124 Å². The summed E-state index contributed by atoms with van der Waals surface area (Å²) in [7, 11) is 0. The highest BCUT2D eigenvalue weighted by Crippen LogP contribution is 2.29. The standard InChI is InChI=1S/C16H12BrNO2/c1-9-12(8-14-13(17)6-7-18-14)16(20)11-5-3-2-4-10(11)15(9)19/h2-7,18H,8H2,1H3. The molecule has 0 spiro atoms. The number of H-pyrrole nitrogens is 1. The molecule has 2 aromatic rings. The van der Waals surface area contributed by atoms with E-state index in [9.17, 15) is 9.59 Å². The average molecular weight is 330 g/mol. The zero-order chi connectivity index (χ0) is 14.3. The average Bonchev–Trinajstić information content (AvgIpc) is 2.86. The number of fused-ring (bicyclic) bond motifs is 1. The molecule has 1 aliphatic rings. The number of hydrogen-bond donors (Lipinski definition) is 1. The monoisotopic (exact) mass is 329 g/mol. The summed E-state index contributed by atoms with van der Waals surface area (Å²) in [5.41, 5.74) is 3.01. The number of aromatic nitrogens is 1. The maximum Gasteiger partial charge on any atom is 0.190 e. The van der Waals surface area contributed by atoms with Gasteiger partial charge < -0.3 is 4.98 Å². The smallest absolute Gasteiger partial charge is 0.190 e. The second-order valence-corrected chi connectivity index (χ2v) is 5.64. The predicted octanol–water partition coefficient (Wildman–Crippen LogP) is 3.72. The third-order valence-electron chi connectivity index (χ3n) is 3.61. The molecular formula is C16H12BrNO2. The molecule has 20 heavy (non-hydrogen) atoms. The number of hydrogen-bond acceptors (Lipinski definition) is 2. The van der Waals surface area contributed by atoms with Crippen LogP contribution in [0, 0.1) is 0 Å². The van der Waals surface area contributed by atoms with E-state index in [0.29, 0.717) is 28.7 Å². The van der Waals surface area contributed by atoms with Crippen molar-refractivity contribution in [3.63, 3.8) is 0 Å². The van der Waals surface area contributed by atoms with Crippen LogP contribution in [-0.2, 0) is 6.42 Å². The van der Waals surface area contributed by atoms with Crippen molar-refractivity contribution >= 4 is 27.5 Å². The zero-order valence-electron chi connectivity index (χ0n) is 10.9. The summed E-state index contributed by atoms with van der Waals surface area (Å²) in [6, 6.07) is 8.87. The van der Waals surface area contributed by atoms with E-state index < -0.39 is 0 Å². The van der Waals surface area contributed by atoms with Gasteiger partial charge in [-0.3, -0.25) is 9.59 Å². The van der Waals surface area contributed by atoms with Gasteiger partial charge in [-0.15, -0.1) is 0 Å². The van der Waals surface area contributed by atoms with E-state index in [0.717, 1.165) is 10.2 Å². The lowest BCUT2D eigenvalue weighted by atomic mass is 9.83. The highest BCUT2D eigenvalue weighted by molar-refractivity contribution is 9.10. The van der Waals surface area contributed by atoms with Gasteiger partial charge in [-0.1, -0.05) is 24.3 Å². The second kappa shape index (κ2) is 4.87. The Hall–Kier alpha value is -1.94.